The Morgan fingerprint density at radius 1 is 0.763 bits per heavy atom. The first kappa shape index (κ1) is 35.7. The van der Waals surface area contributed by atoms with Gasteiger partial charge in [-0.3, -0.25) is 19.2 Å². The lowest BCUT2D eigenvalue weighted by molar-refractivity contribution is -0.132. The molecule has 0 heterocycles. The molecular formula is C25H50N6O7. The molecule has 0 fully saturated rings. The Balaban J connectivity index is 4.13. The summed E-state index contributed by atoms with van der Waals surface area (Å²) in [7, 11) is 1.84. The average molecular weight is 547 g/mol. The number of carbonyl (C=O) groups is 4. The molecule has 0 aromatic rings. The van der Waals surface area contributed by atoms with Crippen LogP contribution in [0.25, 0.3) is 0 Å². The first-order valence-electron chi connectivity index (χ1n) is 13.5. The van der Waals surface area contributed by atoms with Crippen LogP contribution in [0.3, 0.4) is 0 Å². The second kappa shape index (κ2) is 23.8. The van der Waals surface area contributed by atoms with Crippen LogP contribution in [-0.4, -0.2) is 102 Å². The number of nitrogens with two attached hydrogens (primary N) is 2. The van der Waals surface area contributed by atoms with Gasteiger partial charge >= 0.3 is 0 Å². The van der Waals surface area contributed by atoms with Gasteiger partial charge in [0.05, 0.1) is 39.6 Å². The molecule has 13 heteroatoms. The number of amides is 4. The van der Waals surface area contributed by atoms with E-state index in [1.165, 1.54) is 0 Å². The van der Waals surface area contributed by atoms with Crippen molar-refractivity contribution in [2.75, 3.05) is 66.3 Å². The predicted molar refractivity (Wildman–Crippen MR) is 144 cm³/mol. The number of nitrogens with one attached hydrogen (secondary N) is 4. The fourth-order valence-corrected chi connectivity index (χ4v) is 3.36. The van der Waals surface area contributed by atoms with Gasteiger partial charge in [0.1, 0.15) is 12.1 Å². The summed E-state index contributed by atoms with van der Waals surface area (Å²) in [5.74, 6) is -1.78. The van der Waals surface area contributed by atoms with Gasteiger partial charge in [-0.15, -0.1) is 0 Å². The third-order valence-corrected chi connectivity index (χ3v) is 5.48. The van der Waals surface area contributed by atoms with Gasteiger partial charge in [-0.05, 0) is 45.2 Å². The zero-order valence-corrected chi connectivity index (χ0v) is 23.4. The number of hydrogen-bond acceptors (Lipinski definition) is 9. The molecule has 0 bridgehead atoms. The van der Waals surface area contributed by atoms with Crippen LogP contribution in [0.5, 0.6) is 0 Å². The Hall–Kier alpha value is -2.32. The van der Waals surface area contributed by atoms with E-state index in [9.17, 15) is 19.2 Å². The average Bonchev–Trinajstić information content (AvgIpc) is 2.87. The highest BCUT2D eigenvalue weighted by molar-refractivity contribution is 5.91. The molecule has 222 valence electrons. The molecule has 2 atom stereocenters. The standard InChI is InChI=1S/C25H50N6O7/c1-19(2)23(25(35)30-20(24(27)34)7-4-5-11-28-3)31-22(33)9-6-8-21(32)29-12-14-37-16-18-38-17-15-36-13-10-26/h19-20,23,28H,4-18,26H2,1-3H3,(H2,27,34)(H,29,32)(H,30,35)(H,31,33). The zero-order valence-electron chi connectivity index (χ0n) is 23.4. The summed E-state index contributed by atoms with van der Waals surface area (Å²) in [6.45, 7) is 7.92. The van der Waals surface area contributed by atoms with Crippen LogP contribution in [-0.2, 0) is 33.4 Å². The summed E-state index contributed by atoms with van der Waals surface area (Å²) < 4.78 is 15.9. The minimum atomic E-state index is -0.810. The van der Waals surface area contributed by atoms with Crippen LogP contribution in [0, 0.1) is 5.92 Å². The Kier molecular flexibility index (Phi) is 22.3. The van der Waals surface area contributed by atoms with Gasteiger partial charge in [0.15, 0.2) is 0 Å². The molecule has 0 aliphatic heterocycles. The second-order valence-corrected chi connectivity index (χ2v) is 9.18. The van der Waals surface area contributed by atoms with E-state index in [4.69, 9.17) is 25.7 Å². The topological polar surface area (TPSA) is 196 Å². The lowest BCUT2D eigenvalue weighted by Gasteiger charge is -2.24. The summed E-state index contributed by atoms with van der Waals surface area (Å²) in [4.78, 5) is 48.9. The van der Waals surface area contributed by atoms with Crippen LogP contribution in [0.15, 0.2) is 0 Å². The Bertz CT molecular complexity index is 666. The maximum absolute atomic E-state index is 12.7. The minimum Gasteiger partial charge on any atom is -0.378 e. The number of rotatable bonds is 25. The van der Waals surface area contributed by atoms with Gasteiger partial charge in [0.2, 0.25) is 23.6 Å². The van der Waals surface area contributed by atoms with E-state index in [1.807, 2.05) is 7.05 Å². The smallest absolute Gasteiger partial charge is 0.243 e. The van der Waals surface area contributed by atoms with E-state index in [-0.39, 0.29) is 30.6 Å². The van der Waals surface area contributed by atoms with E-state index < -0.39 is 23.9 Å². The molecule has 0 radical (unpaired) electrons. The van der Waals surface area contributed by atoms with Crippen LogP contribution >= 0.6 is 0 Å². The SMILES string of the molecule is CNCCCCC(NC(=O)C(NC(=O)CCCC(=O)NCCOCCOCCOCCN)C(C)C)C(N)=O. The Labute approximate surface area is 226 Å². The molecule has 0 aromatic carbocycles. The summed E-state index contributed by atoms with van der Waals surface area (Å²) in [5.41, 5.74) is 10.8. The Morgan fingerprint density at radius 2 is 1.37 bits per heavy atom. The molecule has 8 N–H and O–H groups in total. The minimum absolute atomic E-state index is 0.0933. The number of primary amides is 1. The molecule has 0 rings (SSSR count). The quantitative estimate of drug-likeness (QED) is 0.0761. The van der Waals surface area contributed by atoms with E-state index in [0.29, 0.717) is 65.6 Å². The van der Waals surface area contributed by atoms with E-state index >= 15 is 0 Å². The van der Waals surface area contributed by atoms with Crippen molar-refractivity contribution in [3.05, 3.63) is 0 Å². The van der Waals surface area contributed by atoms with Gasteiger partial charge in [0.25, 0.3) is 0 Å². The normalized spacial score (nSPS) is 12.7. The molecule has 0 saturated heterocycles. The third-order valence-electron chi connectivity index (χ3n) is 5.48. The van der Waals surface area contributed by atoms with Crippen molar-refractivity contribution in [1.82, 2.24) is 21.3 Å². The van der Waals surface area contributed by atoms with E-state index in [2.05, 4.69) is 21.3 Å². The third kappa shape index (κ3) is 19.7. The highest BCUT2D eigenvalue weighted by atomic mass is 16.5. The van der Waals surface area contributed by atoms with Crippen LogP contribution < -0.4 is 32.7 Å². The molecule has 0 saturated carbocycles. The van der Waals surface area contributed by atoms with Crippen LogP contribution in [0.1, 0.15) is 52.4 Å². The van der Waals surface area contributed by atoms with Crippen molar-refractivity contribution in [3.8, 4) is 0 Å². The predicted octanol–water partition coefficient (Wildman–Crippen LogP) is -1.22. The van der Waals surface area contributed by atoms with Crippen molar-refractivity contribution in [2.45, 2.75) is 64.5 Å². The molecule has 0 spiro atoms. The van der Waals surface area contributed by atoms with Crippen LogP contribution in [0.2, 0.25) is 0 Å². The number of carbonyl (C=O) groups excluding carboxylic acids is 4. The molecule has 0 aromatic heterocycles. The fourth-order valence-electron chi connectivity index (χ4n) is 3.36. The van der Waals surface area contributed by atoms with Gasteiger partial charge in [0, 0.05) is 25.9 Å². The van der Waals surface area contributed by atoms with E-state index in [0.717, 1.165) is 19.4 Å². The monoisotopic (exact) mass is 546 g/mol. The molecule has 38 heavy (non-hydrogen) atoms. The molecule has 4 amide bonds. The maximum atomic E-state index is 12.7. The van der Waals surface area contributed by atoms with Crippen molar-refractivity contribution >= 4 is 23.6 Å². The highest BCUT2D eigenvalue weighted by Gasteiger charge is 2.27. The first-order chi connectivity index (χ1) is 18.2. The summed E-state index contributed by atoms with van der Waals surface area (Å²) in [6.07, 6.45) is 2.61. The number of ether oxygens (including phenoxy) is 3. The number of hydrogen-bond donors (Lipinski definition) is 6. The Morgan fingerprint density at radius 3 is 1.95 bits per heavy atom. The maximum Gasteiger partial charge on any atom is 0.243 e. The fraction of sp³-hybridized carbons (Fsp3) is 0.840. The number of unbranched alkanes of at least 4 members (excludes halogenated alkanes) is 1. The van der Waals surface area contributed by atoms with Crippen LogP contribution in [0.4, 0.5) is 0 Å². The van der Waals surface area contributed by atoms with E-state index in [1.54, 1.807) is 13.8 Å². The molecule has 0 aliphatic rings. The first-order valence-corrected chi connectivity index (χ1v) is 13.5. The van der Waals surface area contributed by atoms with Gasteiger partial charge < -0.3 is 46.9 Å². The van der Waals surface area contributed by atoms with Crippen molar-refractivity contribution in [1.29, 1.82) is 0 Å². The van der Waals surface area contributed by atoms with Gasteiger partial charge in [-0.2, -0.15) is 0 Å². The van der Waals surface area contributed by atoms with Crippen molar-refractivity contribution < 1.29 is 33.4 Å². The van der Waals surface area contributed by atoms with Crippen molar-refractivity contribution in [3.63, 3.8) is 0 Å². The highest BCUT2D eigenvalue weighted by Crippen LogP contribution is 2.07. The summed E-state index contributed by atoms with van der Waals surface area (Å²) >= 11 is 0. The summed E-state index contributed by atoms with van der Waals surface area (Å²) in [5, 5.41) is 11.1. The largest absolute Gasteiger partial charge is 0.378 e. The lowest BCUT2D eigenvalue weighted by Crippen LogP contribution is -2.54. The molecule has 2 unspecified atom stereocenters. The summed E-state index contributed by atoms with van der Waals surface area (Å²) in [6, 6.07) is -1.60. The van der Waals surface area contributed by atoms with Gasteiger partial charge in [-0.25, -0.2) is 0 Å². The molecule has 0 aliphatic carbocycles. The zero-order chi connectivity index (χ0) is 28.6. The lowest BCUT2D eigenvalue weighted by atomic mass is 10.0. The molecular weight excluding hydrogens is 496 g/mol. The van der Waals surface area contributed by atoms with Crippen molar-refractivity contribution in [2.24, 2.45) is 17.4 Å². The second-order valence-electron chi connectivity index (χ2n) is 9.18. The molecule has 13 nitrogen and oxygen atoms in total. The van der Waals surface area contributed by atoms with Gasteiger partial charge in [-0.1, -0.05) is 13.8 Å².